The minimum absolute atomic E-state index is 0.101. The van der Waals surface area contributed by atoms with Crippen LogP contribution in [0.25, 0.3) is 0 Å². The van der Waals surface area contributed by atoms with Crippen molar-refractivity contribution in [1.82, 2.24) is 5.32 Å². The molecule has 0 saturated carbocycles. The Balaban J connectivity index is 2.65. The van der Waals surface area contributed by atoms with E-state index in [4.69, 9.17) is 4.74 Å². The highest BCUT2D eigenvalue weighted by atomic mass is 32.2. The maximum atomic E-state index is 12.0. The highest BCUT2D eigenvalue weighted by molar-refractivity contribution is 7.98. The average molecular weight is 253 g/mol. The number of thioether (sulfide) groups is 1. The Labute approximate surface area is 107 Å². The van der Waals surface area contributed by atoms with Gasteiger partial charge in [0.15, 0.2) is 0 Å². The molecule has 1 aromatic carbocycles. The molecule has 1 N–H and O–H groups in total. The molecule has 4 heteroatoms. The van der Waals surface area contributed by atoms with E-state index >= 15 is 0 Å². The number of nitrogens with one attached hydrogen (secondary N) is 1. The second kappa shape index (κ2) is 6.67. The van der Waals surface area contributed by atoms with Crippen LogP contribution in [0.1, 0.15) is 23.7 Å². The number of methoxy groups -OCH3 is 1. The number of carbonyl (C=O) groups is 1. The van der Waals surface area contributed by atoms with Gasteiger partial charge in [0.05, 0.1) is 0 Å². The van der Waals surface area contributed by atoms with Crippen LogP contribution in [-0.2, 0) is 4.74 Å². The lowest BCUT2D eigenvalue weighted by atomic mass is 10.1. The van der Waals surface area contributed by atoms with E-state index in [1.54, 1.807) is 31.0 Å². The number of rotatable bonds is 6. The number of carbonyl (C=O) groups excluding carboxylic acids is 1. The van der Waals surface area contributed by atoms with Crippen molar-refractivity contribution in [2.75, 3.05) is 19.1 Å². The van der Waals surface area contributed by atoms with Crippen LogP contribution in [0, 0.1) is 0 Å². The molecule has 0 saturated heterocycles. The van der Waals surface area contributed by atoms with Crippen molar-refractivity contribution in [1.29, 1.82) is 0 Å². The number of hydrogen-bond acceptors (Lipinski definition) is 3. The smallest absolute Gasteiger partial charge is 0.253 e. The van der Waals surface area contributed by atoms with Gasteiger partial charge in [0, 0.05) is 19.1 Å². The number of ether oxygens (including phenoxy) is 1. The molecule has 3 nitrogen and oxygen atoms in total. The summed E-state index contributed by atoms with van der Waals surface area (Å²) in [6.07, 6.45) is 2.82. The monoisotopic (exact) mass is 253 g/mol. The lowest BCUT2D eigenvalue weighted by Gasteiger charge is -2.29. The zero-order valence-electron chi connectivity index (χ0n) is 10.5. The quantitative estimate of drug-likeness (QED) is 0.792. The maximum absolute atomic E-state index is 12.0. The highest BCUT2D eigenvalue weighted by Crippen LogP contribution is 2.14. The summed E-state index contributed by atoms with van der Waals surface area (Å²) in [5.74, 6) is 0.843. The molecule has 0 aliphatic heterocycles. The number of benzene rings is 1. The molecule has 0 bridgehead atoms. The molecule has 0 spiro atoms. The summed E-state index contributed by atoms with van der Waals surface area (Å²) in [5, 5.41) is 2.92. The molecule has 94 valence electrons. The Morgan fingerprint density at radius 2 is 2.06 bits per heavy atom. The van der Waals surface area contributed by atoms with E-state index in [1.807, 2.05) is 31.4 Å². The number of hydrogen-bond donors (Lipinski definition) is 1. The third-order valence-corrected chi connectivity index (χ3v) is 3.26. The van der Waals surface area contributed by atoms with Crippen LogP contribution in [0.15, 0.2) is 30.3 Å². The fraction of sp³-hybridized carbons (Fsp3) is 0.462. The first kappa shape index (κ1) is 14.1. The van der Waals surface area contributed by atoms with Gasteiger partial charge in [-0.15, -0.1) is 0 Å². The Morgan fingerprint density at radius 3 is 2.59 bits per heavy atom. The van der Waals surface area contributed by atoms with E-state index in [9.17, 15) is 4.79 Å². The molecule has 1 aromatic rings. The molecule has 0 aliphatic rings. The van der Waals surface area contributed by atoms with Crippen LogP contribution in [0.2, 0.25) is 0 Å². The van der Waals surface area contributed by atoms with Gasteiger partial charge < -0.3 is 10.1 Å². The van der Waals surface area contributed by atoms with Gasteiger partial charge in [-0.05, 0) is 31.1 Å². The van der Waals surface area contributed by atoms with Crippen LogP contribution in [0.3, 0.4) is 0 Å². The predicted octanol–water partition coefficient (Wildman–Crippen LogP) is 2.53. The lowest BCUT2D eigenvalue weighted by molar-refractivity contribution is -0.0202. The standard InChI is InChI=1S/C13H19NO2S/c1-13(16-2,9-10-17-3)14-12(15)11-7-5-4-6-8-11/h4-8H,9-10H2,1-3H3,(H,14,15). The van der Waals surface area contributed by atoms with Crippen LogP contribution >= 0.6 is 11.8 Å². The minimum atomic E-state index is -0.601. The van der Waals surface area contributed by atoms with Gasteiger partial charge in [-0.2, -0.15) is 11.8 Å². The van der Waals surface area contributed by atoms with Crippen molar-refractivity contribution in [3.63, 3.8) is 0 Å². The zero-order chi connectivity index (χ0) is 12.7. The maximum Gasteiger partial charge on any atom is 0.253 e. The zero-order valence-corrected chi connectivity index (χ0v) is 11.3. The van der Waals surface area contributed by atoms with Crippen molar-refractivity contribution in [2.24, 2.45) is 0 Å². The summed E-state index contributed by atoms with van der Waals surface area (Å²) >= 11 is 1.74. The first-order chi connectivity index (χ1) is 8.11. The Bertz CT molecular complexity index is 356. The molecule has 1 atom stereocenters. The molecule has 1 unspecified atom stereocenters. The van der Waals surface area contributed by atoms with E-state index in [1.165, 1.54) is 0 Å². The molecule has 1 amide bonds. The van der Waals surface area contributed by atoms with Crippen molar-refractivity contribution in [3.05, 3.63) is 35.9 Å². The molecule has 0 radical (unpaired) electrons. The Hall–Kier alpha value is -1.00. The van der Waals surface area contributed by atoms with Crippen LogP contribution in [-0.4, -0.2) is 30.8 Å². The van der Waals surface area contributed by atoms with Gasteiger partial charge in [-0.1, -0.05) is 18.2 Å². The summed E-state index contributed by atoms with van der Waals surface area (Å²) < 4.78 is 5.39. The summed E-state index contributed by atoms with van der Waals surface area (Å²) in [6, 6.07) is 9.17. The van der Waals surface area contributed by atoms with Gasteiger partial charge >= 0.3 is 0 Å². The van der Waals surface area contributed by atoms with Crippen molar-refractivity contribution < 1.29 is 9.53 Å². The van der Waals surface area contributed by atoms with Gasteiger partial charge in [-0.3, -0.25) is 4.79 Å². The number of amides is 1. The van der Waals surface area contributed by atoms with E-state index in [-0.39, 0.29) is 5.91 Å². The van der Waals surface area contributed by atoms with Crippen molar-refractivity contribution in [3.8, 4) is 0 Å². The van der Waals surface area contributed by atoms with Crippen LogP contribution in [0.4, 0.5) is 0 Å². The molecule has 0 aliphatic carbocycles. The van der Waals surface area contributed by atoms with Gasteiger partial charge in [0.2, 0.25) is 0 Å². The first-order valence-corrected chi connectivity index (χ1v) is 6.92. The van der Waals surface area contributed by atoms with Crippen molar-refractivity contribution in [2.45, 2.75) is 19.1 Å². The molecule has 17 heavy (non-hydrogen) atoms. The third-order valence-electron chi connectivity index (χ3n) is 2.65. The summed E-state index contributed by atoms with van der Waals surface area (Å²) in [6.45, 7) is 1.89. The molecular formula is C13H19NO2S. The fourth-order valence-electron chi connectivity index (χ4n) is 1.41. The molecule has 0 fully saturated rings. The normalized spacial score (nSPS) is 14.1. The van der Waals surface area contributed by atoms with Crippen LogP contribution in [0.5, 0.6) is 0 Å². The lowest BCUT2D eigenvalue weighted by Crippen LogP contribution is -2.47. The largest absolute Gasteiger partial charge is 0.359 e. The van der Waals surface area contributed by atoms with Crippen molar-refractivity contribution >= 4 is 17.7 Å². The second-order valence-corrected chi connectivity index (χ2v) is 4.98. The van der Waals surface area contributed by atoms with E-state index < -0.39 is 5.72 Å². The van der Waals surface area contributed by atoms with Gasteiger partial charge in [-0.25, -0.2) is 0 Å². The van der Waals surface area contributed by atoms with Gasteiger partial charge in [0.1, 0.15) is 5.72 Å². The topological polar surface area (TPSA) is 38.3 Å². The summed E-state index contributed by atoms with van der Waals surface area (Å²) in [5.41, 5.74) is 0.0515. The summed E-state index contributed by atoms with van der Waals surface area (Å²) in [7, 11) is 1.62. The SMILES string of the molecule is COC(C)(CCSC)NC(=O)c1ccccc1. The van der Waals surface area contributed by atoms with Crippen LogP contribution < -0.4 is 5.32 Å². The predicted molar refractivity (Wildman–Crippen MR) is 72.3 cm³/mol. The molecular weight excluding hydrogens is 234 g/mol. The highest BCUT2D eigenvalue weighted by Gasteiger charge is 2.25. The first-order valence-electron chi connectivity index (χ1n) is 5.53. The molecule has 1 rings (SSSR count). The average Bonchev–Trinajstić information content (AvgIpc) is 2.37. The Kier molecular flexibility index (Phi) is 5.51. The Morgan fingerprint density at radius 1 is 1.41 bits per heavy atom. The second-order valence-electron chi connectivity index (χ2n) is 4.00. The molecule has 0 heterocycles. The van der Waals surface area contributed by atoms with E-state index in [0.29, 0.717) is 5.56 Å². The van der Waals surface area contributed by atoms with E-state index in [0.717, 1.165) is 12.2 Å². The molecule has 0 aromatic heterocycles. The minimum Gasteiger partial charge on any atom is -0.359 e. The third kappa shape index (κ3) is 4.40. The fourth-order valence-corrected chi connectivity index (χ4v) is 2.01. The van der Waals surface area contributed by atoms with Gasteiger partial charge in [0.25, 0.3) is 5.91 Å². The summed E-state index contributed by atoms with van der Waals surface area (Å²) in [4.78, 5) is 12.0. The van der Waals surface area contributed by atoms with E-state index in [2.05, 4.69) is 5.32 Å².